The molecule has 0 aliphatic rings. The molecule has 0 bridgehead atoms. The minimum atomic E-state index is -0.544. The van der Waals surface area contributed by atoms with Crippen molar-refractivity contribution < 1.29 is 4.79 Å². The van der Waals surface area contributed by atoms with E-state index in [-0.39, 0.29) is 24.5 Å². The van der Waals surface area contributed by atoms with Crippen LogP contribution < -0.4 is 16.6 Å². The van der Waals surface area contributed by atoms with Crippen molar-refractivity contribution >= 4 is 22.6 Å². The topological polar surface area (TPSA) is 90.9 Å². The molecule has 0 spiro atoms. The average Bonchev–Trinajstić information content (AvgIpc) is 3.22. The van der Waals surface area contributed by atoms with E-state index < -0.39 is 11.2 Å². The van der Waals surface area contributed by atoms with Gasteiger partial charge in [0.15, 0.2) is 5.52 Å². The van der Waals surface area contributed by atoms with Crippen LogP contribution >= 0.6 is 0 Å². The second kappa shape index (κ2) is 8.66. The molecule has 0 saturated carbocycles. The molecule has 0 aliphatic heterocycles. The number of anilines is 1. The Morgan fingerprint density at radius 1 is 1.03 bits per heavy atom. The van der Waals surface area contributed by atoms with Gasteiger partial charge < -0.3 is 5.32 Å². The normalized spacial score (nSPS) is 11.1. The van der Waals surface area contributed by atoms with Gasteiger partial charge in [-0.25, -0.2) is 4.79 Å². The van der Waals surface area contributed by atoms with Crippen LogP contribution in [-0.2, 0) is 24.4 Å². The van der Waals surface area contributed by atoms with E-state index in [1.807, 2.05) is 69.3 Å². The van der Waals surface area contributed by atoms with Gasteiger partial charge in [0.2, 0.25) is 5.91 Å². The lowest BCUT2D eigenvalue weighted by atomic mass is 10.1. The fourth-order valence-corrected chi connectivity index (χ4v) is 3.73. The summed E-state index contributed by atoms with van der Waals surface area (Å²) < 4.78 is 4.05. The molecule has 164 valence electrons. The van der Waals surface area contributed by atoms with Crippen molar-refractivity contribution in [2.75, 3.05) is 5.32 Å². The molecule has 8 heteroatoms. The molecule has 2 aromatic carbocycles. The zero-order chi connectivity index (χ0) is 22.8. The second-order valence-electron chi connectivity index (χ2n) is 7.83. The molecule has 1 N–H and O–H groups in total. The molecule has 4 aromatic rings. The van der Waals surface area contributed by atoms with Crippen LogP contribution in [0.5, 0.6) is 0 Å². The first-order valence-electron chi connectivity index (χ1n) is 10.5. The highest BCUT2D eigenvalue weighted by molar-refractivity contribution is 5.92. The predicted molar refractivity (Wildman–Crippen MR) is 124 cm³/mol. The number of aryl methyl sites for hydroxylation is 3. The van der Waals surface area contributed by atoms with E-state index in [9.17, 15) is 14.4 Å². The molecule has 0 atom stereocenters. The van der Waals surface area contributed by atoms with E-state index in [0.717, 1.165) is 21.3 Å². The highest BCUT2D eigenvalue weighted by Gasteiger charge is 2.19. The van der Waals surface area contributed by atoms with E-state index in [2.05, 4.69) is 10.4 Å². The van der Waals surface area contributed by atoms with Crippen LogP contribution in [0.3, 0.4) is 0 Å². The Kier molecular flexibility index (Phi) is 5.77. The van der Waals surface area contributed by atoms with Crippen molar-refractivity contribution in [2.24, 2.45) is 0 Å². The summed E-state index contributed by atoms with van der Waals surface area (Å²) in [6.45, 7) is 6.20. The van der Waals surface area contributed by atoms with E-state index in [1.54, 1.807) is 10.9 Å². The number of nitrogens with zero attached hydrogens (tertiary/aromatic N) is 4. The maximum Gasteiger partial charge on any atom is 0.332 e. The fourth-order valence-electron chi connectivity index (χ4n) is 3.73. The minimum Gasteiger partial charge on any atom is -0.324 e. The third-order valence-electron chi connectivity index (χ3n) is 5.41. The Balaban J connectivity index is 1.77. The van der Waals surface area contributed by atoms with E-state index >= 15 is 0 Å². The maximum absolute atomic E-state index is 13.3. The Morgan fingerprint density at radius 3 is 2.47 bits per heavy atom. The molecule has 0 aliphatic carbocycles. The smallest absolute Gasteiger partial charge is 0.324 e. The molecule has 8 nitrogen and oxygen atoms in total. The summed E-state index contributed by atoms with van der Waals surface area (Å²) in [7, 11) is 0. The molecule has 2 heterocycles. The van der Waals surface area contributed by atoms with Crippen LogP contribution in [0.25, 0.3) is 11.0 Å². The highest BCUT2D eigenvalue weighted by atomic mass is 16.2. The number of hydrogen-bond acceptors (Lipinski definition) is 4. The molecule has 0 radical (unpaired) electrons. The Bertz CT molecular complexity index is 1410. The summed E-state index contributed by atoms with van der Waals surface area (Å²) in [5, 5.41) is 7.21. The van der Waals surface area contributed by atoms with E-state index in [0.29, 0.717) is 17.7 Å². The third kappa shape index (κ3) is 4.12. The van der Waals surface area contributed by atoms with Gasteiger partial charge in [0.05, 0.1) is 12.1 Å². The largest absolute Gasteiger partial charge is 0.332 e. The molecule has 1 amide bonds. The molecule has 0 unspecified atom stereocenters. The van der Waals surface area contributed by atoms with Gasteiger partial charge in [0, 0.05) is 18.4 Å². The summed E-state index contributed by atoms with van der Waals surface area (Å²) in [5.74, 6) is -0.352. The van der Waals surface area contributed by atoms with Crippen molar-refractivity contribution in [1.29, 1.82) is 0 Å². The van der Waals surface area contributed by atoms with E-state index in [4.69, 9.17) is 0 Å². The van der Waals surface area contributed by atoms with Crippen LogP contribution in [0, 0.1) is 13.8 Å². The predicted octanol–water partition coefficient (Wildman–Crippen LogP) is 2.68. The van der Waals surface area contributed by atoms with Crippen molar-refractivity contribution in [3.8, 4) is 0 Å². The lowest BCUT2D eigenvalue weighted by Gasteiger charge is -2.13. The quantitative estimate of drug-likeness (QED) is 0.508. The lowest BCUT2D eigenvalue weighted by molar-refractivity contribution is -0.116. The number of aromatic nitrogens is 4. The lowest BCUT2D eigenvalue weighted by Crippen LogP contribution is -2.41. The number of amides is 1. The number of hydrogen-bond donors (Lipinski definition) is 1. The summed E-state index contributed by atoms with van der Waals surface area (Å²) >= 11 is 0. The first-order valence-corrected chi connectivity index (χ1v) is 10.5. The van der Waals surface area contributed by atoms with Gasteiger partial charge in [-0.3, -0.25) is 23.4 Å². The molecule has 0 saturated heterocycles. The fraction of sp³-hybridized carbons (Fsp3) is 0.250. The van der Waals surface area contributed by atoms with Gasteiger partial charge in [-0.1, -0.05) is 48.0 Å². The van der Waals surface area contributed by atoms with Gasteiger partial charge in [-0.2, -0.15) is 5.10 Å². The van der Waals surface area contributed by atoms with Crippen LogP contribution in [0.4, 0.5) is 5.69 Å². The van der Waals surface area contributed by atoms with Crippen LogP contribution in [0.15, 0.2) is 64.3 Å². The molecular weight excluding hydrogens is 406 g/mol. The zero-order valence-electron chi connectivity index (χ0n) is 18.3. The maximum atomic E-state index is 13.3. The number of benzene rings is 2. The first-order chi connectivity index (χ1) is 15.4. The standard InChI is InChI=1S/C24H25N5O3/c1-4-27-14-20-22(26-27)23(31)29(13-18-8-6-5-7-9-18)24(32)28(20)15-21(30)25-19-11-10-16(2)12-17(19)3/h5-12,14H,4,13,15H2,1-3H3,(H,25,30). The van der Waals surface area contributed by atoms with Gasteiger partial charge in [0.1, 0.15) is 6.54 Å². The molecule has 32 heavy (non-hydrogen) atoms. The third-order valence-corrected chi connectivity index (χ3v) is 5.41. The summed E-state index contributed by atoms with van der Waals surface area (Å²) in [6, 6.07) is 15.0. The SMILES string of the molecule is CCn1cc2c(n1)c(=O)n(Cc1ccccc1)c(=O)n2CC(=O)Nc1ccc(C)cc1C. The number of nitrogens with one attached hydrogen (secondary N) is 1. The number of carbonyl (C=O) groups is 1. The van der Waals surface area contributed by atoms with Crippen molar-refractivity contribution in [3.05, 3.63) is 92.3 Å². The highest BCUT2D eigenvalue weighted by Crippen LogP contribution is 2.16. The van der Waals surface area contributed by atoms with E-state index in [1.165, 1.54) is 4.57 Å². The number of carbonyl (C=O) groups excluding carboxylic acids is 1. The summed E-state index contributed by atoms with van der Waals surface area (Å²) in [5.41, 5.74) is 3.04. The number of fused-ring (bicyclic) bond motifs is 1. The monoisotopic (exact) mass is 431 g/mol. The second-order valence-corrected chi connectivity index (χ2v) is 7.83. The van der Waals surface area contributed by atoms with Gasteiger partial charge in [0.25, 0.3) is 5.56 Å². The van der Waals surface area contributed by atoms with Crippen LogP contribution in [-0.4, -0.2) is 24.8 Å². The molecule has 4 rings (SSSR count). The Labute approximate surface area is 184 Å². The number of rotatable bonds is 6. The van der Waals surface area contributed by atoms with Crippen molar-refractivity contribution in [2.45, 2.75) is 40.4 Å². The van der Waals surface area contributed by atoms with Crippen LogP contribution in [0.2, 0.25) is 0 Å². The van der Waals surface area contributed by atoms with Gasteiger partial charge in [-0.05, 0) is 38.0 Å². The molecule has 0 fully saturated rings. The summed E-state index contributed by atoms with van der Waals surface area (Å²) in [6.07, 6.45) is 1.63. The average molecular weight is 431 g/mol. The first kappa shape index (κ1) is 21.3. The van der Waals surface area contributed by atoms with Gasteiger partial charge >= 0.3 is 5.69 Å². The van der Waals surface area contributed by atoms with Crippen LogP contribution in [0.1, 0.15) is 23.6 Å². The van der Waals surface area contributed by atoms with Crippen molar-refractivity contribution in [1.82, 2.24) is 18.9 Å². The zero-order valence-corrected chi connectivity index (χ0v) is 18.3. The minimum absolute atomic E-state index is 0.103. The Hall–Kier alpha value is -3.94. The van der Waals surface area contributed by atoms with Crippen molar-refractivity contribution in [3.63, 3.8) is 0 Å². The summed E-state index contributed by atoms with van der Waals surface area (Å²) in [4.78, 5) is 39.2. The molecular formula is C24H25N5O3. The molecule has 2 aromatic heterocycles. The van der Waals surface area contributed by atoms with Gasteiger partial charge in [-0.15, -0.1) is 0 Å². The Morgan fingerprint density at radius 2 is 1.78 bits per heavy atom.